The first-order valence-electron chi connectivity index (χ1n) is 6.00. The molecule has 0 radical (unpaired) electrons. The van der Waals surface area contributed by atoms with Crippen LogP contribution in [0.15, 0.2) is 59.2 Å². The molecule has 0 amide bonds. The highest BCUT2D eigenvalue weighted by atomic mass is 79.9. The van der Waals surface area contributed by atoms with Crippen molar-refractivity contribution in [3.63, 3.8) is 0 Å². The summed E-state index contributed by atoms with van der Waals surface area (Å²) in [4.78, 5) is 0. The number of benzene rings is 2. The molecule has 0 aliphatic heterocycles. The van der Waals surface area contributed by atoms with Crippen LogP contribution in [0.3, 0.4) is 0 Å². The van der Waals surface area contributed by atoms with Crippen LogP contribution in [0.4, 0.5) is 10.1 Å². The molecule has 0 spiro atoms. The molecule has 3 nitrogen and oxygen atoms in total. The fourth-order valence-electron chi connectivity index (χ4n) is 1.97. The third kappa shape index (κ3) is 2.44. The number of aromatic nitrogens is 2. The van der Waals surface area contributed by atoms with E-state index in [0.29, 0.717) is 16.9 Å². The van der Waals surface area contributed by atoms with E-state index in [1.165, 1.54) is 12.1 Å². The van der Waals surface area contributed by atoms with E-state index >= 15 is 0 Å². The van der Waals surface area contributed by atoms with Gasteiger partial charge >= 0.3 is 0 Å². The molecule has 0 fully saturated rings. The summed E-state index contributed by atoms with van der Waals surface area (Å²) >= 11 is 3.39. The van der Waals surface area contributed by atoms with E-state index < -0.39 is 0 Å². The average Bonchev–Trinajstić information content (AvgIpc) is 2.82. The SMILES string of the molecule is Nc1cn(-c2ccc(Br)cc2)nc1-c1cccc(F)c1. The summed E-state index contributed by atoms with van der Waals surface area (Å²) in [6.07, 6.45) is 1.73. The maximum absolute atomic E-state index is 13.3. The monoisotopic (exact) mass is 331 g/mol. The Balaban J connectivity index is 2.05. The normalized spacial score (nSPS) is 10.7. The van der Waals surface area contributed by atoms with Crippen molar-refractivity contribution in [1.82, 2.24) is 9.78 Å². The fourth-order valence-corrected chi connectivity index (χ4v) is 2.24. The highest BCUT2D eigenvalue weighted by Crippen LogP contribution is 2.26. The smallest absolute Gasteiger partial charge is 0.123 e. The van der Waals surface area contributed by atoms with Gasteiger partial charge in [-0.15, -0.1) is 0 Å². The van der Waals surface area contributed by atoms with Crippen LogP contribution < -0.4 is 5.73 Å². The maximum Gasteiger partial charge on any atom is 0.123 e. The topological polar surface area (TPSA) is 43.8 Å². The molecule has 1 aromatic heterocycles. The minimum atomic E-state index is -0.305. The number of halogens is 2. The molecule has 5 heteroatoms. The highest BCUT2D eigenvalue weighted by molar-refractivity contribution is 9.10. The molecule has 100 valence electrons. The number of rotatable bonds is 2. The number of hydrogen-bond acceptors (Lipinski definition) is 2. The van der Waals surface area contributed by atoms with Gasteiger partial charge in [0.15, 0.2) is 0 Å². The molecule has 0 aliphatic carbocycles. The van der Waals surface area contributed by atoms with E-state index in [-0.39, 0.29) is 5.82 Å². The second-order valence-corrected chi connectivity index (χ2v) is 5.28. The first-order chi connectivity index (χ1) is 9.63. The minimum Gasteiger partial charge on any atom is -0.396 e. The van der Waals surface area contributed by atoms with Crippen molar-refractivity contribution in [3.05, 3.63) is 65.0 Å². The van der Waals surface area contributed by atoms with Gasteiger partial charge in [0.2, 0.25) is 0 Å². The van der Waals surface area contributed by atoms with E-state index in [1.807, 2.05) is 24.3 Å². The van der Waals surface area contributed by atoms with Crippen molar-refractivity contribution >= 4 is 21.6 Å². The van der Waals surface area contributed by atoms with Gasteiger partial charge < -0.3 is 5.73 Å². The summed E-state index contributed by atoms with van der Waals surface area (Å²) < 4.78 is 16.0. The summed E-state index contributed by atoms with van der Waals surface area (Å²) in [6, 6.07) is 13.9. The third-order valence-electron chi connectivity index (χ3n) is 2.93. The van der Waals surface area contributed by atoms with Gasteiger partial charge in [0.05, 0.1) is 17.6 Å². The summed E-state index contributed by atoms with van der Waals surface area (Å²) in [6.45, 7) is 0. The van der Waals surface area contributed by atoms with Crippen LogP contribution in [0.25, 0.3) is 16.9 Å². The van der Waals surface area contributed by atoms with Crippen LogP contribution in [0.2, 0.25) is 0 Å². The Kier molecular flexibility index (Phi) is 3.28. The van der Waals surface area contributed by atoms with Gasteiger partial charge in [-0.2, -0.15) is 5.10 Å². The first kappa shape index (κ1) is 12.9. The Morgan fingerprint density at radius 3 is 2.55 bits per heavy atom. The fraction of sp³-hybridized carbons (Fsp3) is 0. The molecule has 1 heterocycles. The average molecular weight is 332 g/mol. The molecular formula is C15H11BrFN3. The van der Waals surface area contributed by atoms with Gasteiger partial charge in [-0.05, 0) is 36.4 Å². The van der Waals surface area contributed by atoms with Crippen molar-refractivity contribution in [2.45, 2.75) is 0 Å². The number of nitrogen functional groups attached to an aromatic ring is 1. The first-order valence-corrected chi connectivity index (χ1v) is 6.80. The van der Waals surface area contributed by atoms with Crippen LogP contribution in [0, 0.1) is 5.82 Å². The quantitative estimate of drug-likeness (QED) is 0.770. The van der Waals surface area contributed by atoms with Gasteiger partial charge in [0.25, 0.3) is 0 Å². The molecule has 0 unspecified atom stereocenters. The zero-order valence-electron chi connectivity index (χ0n) is 10.4. The molecule has 0 saturated carbocycles. The van der Waals surface area contributed by atoms with E-state index in [2.05, 4.69) is 21.0 Å². The van der Waals surface area contributed by atoms with E-state index in [1.54, 1.807) is 23.0 Å². The lowest BCUT2D eigenvalue weighted by Gasteiger charge is -2.01. The van der Waals surface area contributed by atoms with Gasteiger partial charge in [0, 0.05) is 10.0 Å². The zero-order chi connectivity index (χ0) is 14.1. The summed E-state index contributed by atoms with van der Waals surface area (Å²) in [5, 5.41) is 4.43. The van der Waals surface area contributed by atoms with Crippen molar-refractivity contribution in [2.24, 2.45) is 0 Å². The lowest BCUT2D eigenvalue weighted by atomic mass is 10.1. The predicted octanol–water partition coefficient (Wildman–Crippen LogP) is 4.02. The summed E-state index contributed by atoms with van der Waals surface area (Å²) in [5.41, 5.74) is 8.62. The Morgan fingerprint density at radius 1 is 1.10 bits per heavy atom. The Morgan fingerprint density at radius 2 is 1.85 bits per heavy atom. The second-order valence-electron chi connectivity index (χ2n) is 4.36. The van der Waals surface area contributed by atoms with Crippen molar-refractivity contribution < 1.29 is 4.39 Å². The maximum atomic E-state index is 13.3. The van der Waals surface area contributed by atoms with Gasteiger partial charge in [-0.1, -0.05) is 28.1 Å². The standard InChI is InChI=1S/C15H11BrFN3/c16-11-4-6-13(7-5-11)20-9-14(18)15(19-20)10-2-1-3-12(17)8-10/h1-9H,18H2. The Hall–Kier alpha value is -2.14. The Bertz CT molecular complexity index is 750. The molecule has 2 aromatic carbocycles. The molecule has 3 aromatic rings. The van der Waals surface area contributed by atoms with Gasteiger partial charge in [-0.25, -0.2) is 9.07 Å². The van der Waals surface area contributed by atoms with Crippen LogP contribution in [0.1, 0.15) is 0 Å². The van der Waals surface area contributed by atoms with Crippen LogP contribution >= 0.6 is 15.9 Å². The summed E-state index contributed by atoms with van der Waals surface area (Å²) in [5.74, 6) is -0.305. The number of anilines is 1. The lowest BCUT2D eigenvalue weighted by Crippen LogP contribution is -1.94. The zero-order valence-corrected chi connectivity index (χ0v) is 12.0. The van der Waals surface area contributed by atoms with E-state index in [0.717, 1.165) is 10.2 Å². The molecule has 20 heavy (non-hydrogen) atoms. The number of hydrogen-bond donors (Lipinski definition) is 1. The molecule has 0 atom stereocenters. The van der Waals surface area contributed by atoms with Crippen molar-refractivity contribution in [1.29, 1.82) is 0 Å². The molecule has 3 rings (SSSR count). The second kappa shape index (κ2) is 5.09. The van der Waals surface area contributed by atoms with Crippen LogP contribution in [-0.2, 0) is 0 Å². The van der Waals surface area contributed by atoms with Gasteiger partial charge in [0.1, 0.15) is 11.5 Å². The molecule has 2 N–H and O–H groups in total. The van der Waals surface area contributed by atoms with Crippen LogP contribution in [-0.4, -0.2) is 9.78 Å². The number of nitrogens with zero attached hydrogens (tertiary/aromatic N) is 2. The molecule has 0 aliphatic rings. The van der Waals surface area contributed by atoms with E-state index in [9.17, 15) is 4.39 Å². The predicted molar refractivity (Wildman–Crippen MR) is 81.1 cm³/mol. The lowest BCUT2D eigenvalue weighted by molar-refractivity contribution is 0.628. The van der Waals surface area contributed by atoms with Crippen LogP contribution in [0.5, 0.6) is 0 Å². The third-order valence-corrected chi connectivity index (χ3v) is 3.46. The largest absolute Gasteiger partial charge is 0.396 e. The molecule has 0 bridgehead atoms. The Labute approximate surface area is 124 Å². The molecule has 0 saturated heterocycles. The van der Waals surface area contributed by atoms with Crippen molar-refractivity contribution in [3.8, 4) is 16.9 Å². The van der Waals surface area contributed by atoms with Crippen molar-refractivity contribution in [2.75, 3.05) is 5.73 Å². The minimum absolute atomic E-state index is 0.305. The van der Waals surface area contributed by atoms with Gasteiger partial charge in [-0.3, -0.25) is 0 Å². The van der Waals surface area contributed by atoms with E-state index in [4.69, 9.17) is 5.73 Å². The number of nitrogens with two attached hydrogens (primary N) is 1. The summed E-state index contributed by atoms with van der Waals surface area (Å²) in [7, 11) is 0. The highest BCUT2D eigenvalue weighted by Gasteiger charge is 2.10. The molecular weight excluding hydrogens is 321 g/mol.